The smallest absolute Gasteiger partial charge is 0.257 e. The number of fused-ring (bicyclic) bond motifs is 2. The fraction of sp³-hybridized carbons (Fsp3) is 0.536. The van der Waals surface area contributed by atoms with Crippen molar-refractivity contribution in [2.75, 3.05) is 40.5 Å². The van der Waals surface area contributed by atoms with Gasteiger partial charge in [-0.05, 0) is 56.8 Å². The van der Waals surface area contributed by atoms with Gasteiger partial charge in [0.05, 0.1) is 24.8 Å². The molecule has 2 atom stereocenters. The molecule has 34 heavy (non-hydrogen) atoms. The maximum absolute atomic E-state index is 13.6. The van der Waals surface area contributed by atoms with Crippen LogP contribution in [0.5, 0.6) is 11.5 Å². The van der Waals surface area contributed by atoms with Crippen LogP contribution in [0.1, 0.15) is 53.6 Å². The van der Waals surface area contributed by atoms with Crippen molar-refractivity contribution < 1.29 is 19.0 Å². The average molecular weight is 467 g/mol. The maximum Gasteiger partial charge on any atom is 0.257 e. The Balaban J connectivity index is 1.57. The van der Waals surface area contributed by atoms with Gasteiger partial charge in [-0.1, -0.05) is 36.8 Å². The van der Waals surface area contributed by atoms with Crippen molar-refractivity contribution in [3.63, 3.8) is 0 Å². The van der Waals surface area contributed by atoms with Crippen molar-refractivity contribution in [2.45, 2.75) is 57.7 Å². The van der Waals surface area contributed by atoms with Gasteiger partial charge >= 0.3 is 0 Å². The number of carbonyl (C=O) groups excluding carboxylic acids is 1. The lowest BCUT2D eigenvalue weighted by molar-refractivity contribution is -0.0155. The Hall–Kier alpha value is -2.57. The topological polar surface area (TPSA) is 51.2 Å². The summed E-state index contributed by atoms with van der Waals surface area (Å²) < 4.78 is 17.7. The lowest BCUT2D eigenvalue weighted by Gasteiger charge is -2.41. The number of carbonyl (C=O) groups is 1. The summed E-state index contributed by atoms with van der Waals surface area (Å²) in [5.74, 6) is 1.68. The van der Waals surface area contributed by atoms with Crippen LogP contribution < -0.4 is 9.47 Å². The molecule has 6 nitrogen and oxygen atoms in total. The summed E-state index contributed by atoms with van der Waals surface area (Å²) in [4.78, 5) is 18.1. The second kappa shape index (κ2) is 11.7. The van der Waals surface area contributed by atoms with E-state index in [-0.39, 0.29) is 18.1 Å². The summed E-state index contributed by atoms with van der Waals surface area (Å²) in [6.07, 6.45) is 5.13. The SMILES string of the molecule is COc1c(C)cccc1CN1CCCC[C@H]2[C@@H](OC)CCCN2C(=O)c2ccccc2OCC1. The minimum absolute atomic E-state index is 0.0583. The molecule has 1 amide bonds. The van der Waals surface area contributed by atoms with Gasteiger partial charge < -0.3 is 19.1 Å². The number of nitrogens with zero attached hydrogens (tertiary/aromatic N) is 2. The van der Waals surface area contributed by atoms with Crippen molar-refractivity contribution in [1.29, 1.82) is 0 Å². The number of hydrogen-bond acceptors (Lipinski definition) is 5. The minimum Gasteiger partial charge on any atom is -0.496 e. The van der Waals surface area contributed by atoms with Crippen molar-refractivity contribution in [2.24, 2.45) is 0 Å². The Kier molecular flexibility index (Phi) is 8.46. The molecular weight excluding hydrogens is 428 g/mol. The highest BCUT2D eigenvalue weighted by Gasteiger charge is 2.35. The Morgan fingerprint density at radius 2 is 1.82 bits per heavy atom. The molecule has 4 rings (SSSR count). The average Bonchev–Trinajstić information content (AvgIpc) is 2.87. The number of piperidine rings is 1. The van der Waals surface area contributed by atoms with Gasteiger partial charge in [-0.25, -0.2) is 0 Å². The third-order valence-corrected chi connectivity index (χ3v) is 7.18. The van der Waals surface area contributed by atoms with Crippen molar-refractivity contribution in [1.82, 2.24) is 9.80 Å². The first-order valence-electron chi connectivity index (χ1n) is 12.5. The second-order valence-corrected chi connectivity index (χ2v) is 9.37. The van der Waals surface area contributed by atoms with Gasteiger partial charge in [0.2, 0.25) is 0 Å². The van der Waals surface area contributed by atoms with Crippen LogP contribution in [0.15, 0.2) is 42.5 Å². The molecule has 0 saturated carbocycles. The molecular formula is C28H38N2O4. The highest BCUT2D eigenvalue weighted by molar-refractivity contribution is 5.97. The summed E-state index contributed by atoms with van der Waals surface area (Å²) in [5.41, 5.74) is 2.99. The van der Waals surface area contributed by atoms with E-state index < -0.39 is 0 Å². The van der Waals surface area contributed by atoms with Crippen LogP contribution in [0.3, 0.4) is 0 Å². The predicted octanol–water partition coefficient (Wildman–Crippen LogP) is 4.69. The van der Waals surface area contributed by atoms with Crippen LogP contribution in [0.25, 0.3) is 0 Å². The Labute approximate surface area is 203 Å². The highest BCUT2D eigenvalue weighted by atomic mass is 16.5. The Bertz CT molecular complexity index is 963. The third kappa shape index (κ3) is 5.56. The van der Waals surface area contributed by atoms with Gasteiger partial charge in [-0.15, -0.1) is 0 Å². The fourth-order valence-electron chi connectivity index (χ4n) is 5.43. The van der Waals surface area contributed by atoms with Gasteiger partial charge in [0.25, 0.3) is 5.91 Å². The zero-order valence-corrected chi connectivity index (χ0v) is 20.8. The maximum atomic E-state index is 13.6. The highest BCUT2D eigenvalue weighted by Crippen LogP contribution is 2.30. The zero-order chi connectivity index (χ0) is 23.9. The normalized spacial score (nSPS) is 22.4. The molecule has 0 aromatic heterocycles. The van der Waals surface area contributed by atoms with Crippen molar-refractivity contribution in [3.05, 3.63) is 59.2 Å². The van der Waals surface area contributed by atoms with Gasteiger partial charge in [-0.3, -0.25) is 9.69 Å². The van der Waals surface area contributed by atoms with E-state index in [0.29, 0.717) is 17.9 Å². The Morgan fingerprint density at radius 1 is 0.971 bits per heavy atom. The summed E-state index contributed by atoms with van der Waals surface area (Å²) in [6, 6.07) is 14.1. The van der Waals surface area contributed by atoms with E-state index in [1.807, 2.05) is 29.2 Å². The number of aryl methyl sites for hydroxylation is 1. The molecule has 2 heterocycles. The molecule has 0 spiro atoms. The van der Waals surface area contributed by atoms with E-state index in [4.69, 9.17) is 14.2 Å². The first kappa shape index (κ1) is 24.6. The molecule has 2 aliphatic heterocycles. The molecule has 2 aliphatic rings. The number of hydrogen-bond donors (Lipinski definition) is 0. The largest absolute Gasteiger partial charge is 0.496 e. The van der Waals surface area contributed by atoms with E-state index in [1.165, 1.54) is 5.56 Å². The summed E-state index contributed by atoms with van der Waals surface area (Å²) in [7, 11) is 3.51. The third-order valence-electron chi connectivity index (χ3n) is 7.18. The molecule has 6 heteroatoms. The summed E-state index contributed by atoms with van der Waals surface area (Å²) in [6.45, 7) is 5.96. The number of amides is 1. The number of methoxy groups -OCH3 is 2. The standard InChI is InChI=1S/C28H38N2O4/c1-21-10-8-11-22(27(21)33-3)20-29-16-7-6-13-24-26(32-2)15-9-17-30(24)28(31)23-12-4-5-14-25(23)34-19-18-29/h4-5,8,10-12,14,24,26H,6-7,9,13,15-20H2,1-3H3/t24-,26-/m0/s1. The van der Waals surface area contributed by atoms with Crippen LogP contribution in [0, 0.1) is 6.92 Å². The number of benzene rings is 2. The molecule has 1 fully saturated rings. The van der Waals surface area contributed by atoms with Crippen LogP contribution in [-0.2, 0) is 11.3 Å². The van der Waals surface area contributed by atoms with E-state index in [1.54, 1.807) is 14.2 Å². The first-order valence-corrected chi connectivity index (χ1v) is 12.5. The van der Waals surface area contributed by atoms with Crippen LogP contribution in [-0.4, -0.2) is 68.3 Å². The van der Waals surface area contributed by atoms with Gasteiger partial charge in [0.15, 0.2) is 0 Å². The molecule has 0 N–H and O–H groups in total. The molecule has 0 radical (unpaired) electrons. The lowest BCUT2D eigenvalue weighted by atomic mass is 9.93. The van der Waals surface area contributed by atoms with Crippen LogP contribution in [0.4, 0.5) is 0 Å². The number of rotatable bonds is 4. The van der Waals surface area contributed by atoms with Gasteiger partial charge in [-0.2, -0.15) is 0 Å². The molecule has 0 unspecified atom stereocenters. The van der Waals surface area contributed by atoms with Crippen LogP contribution >= 0.6 is 0 Å². The van der Waals surface area contributed by atoms with Crippen molar-refractivity contribution in [3.8, 4) is 11.5 Å². The van der Waals surface area contributed by atoms with Crippen LogP contribution in [0.2, 0.25) is 0 Å². The monoisotopic (exact) mass is 466 g/mol. The molecule has 2 aromatic carbocycles. The predicted molar refractivity (Wildman–Crippen MR) is 134 cm³/mol. The molecule has 0 bridgehead atoms. The van der Waals surface area contributed by atoms with Gasteiger partial charge in [0, 0.05) is 32.3 Å². The van der Waals surface area contributed by atoms with E-state index >= 15 is 0 Å². The Morgan fingerprint density at radius 3 is 2.65 bits per heavy atom. The lowest BCUT2D eigenvalue weighted by Crippen LogP contribution is -2.51. The van der Waals surface area contributed by atoms with Gasteiger partial charge in [0.1, 0.15) is 18.1 Å². The second-order valence-electron chi connectivity index (χ2n) is 9.37. The molecule has 2 aromatic rings. The van der Waals surface area contributed by atoms with Crippen molar-refractivity contribution >= 4 is 5.91 Å². The fourth-order valence-corrected chi connectivity index (χ4v) is 5.43. The molecule has 184 valence electrons. The summed E-state index contributed by atoms with van der Waals surface area (Å²) >= 11 is 0. The van der Waals surface area contributed by atoms with E-state index in [0.717, 1.165) is 69.6 Å². The van der Waals surface area contributed by atoms with E-state index in [9.17, 15) is 4.79 Å². The number of ether oxygens (including phenoxy) is 3. The minimum atomic E-state index is 0.0583. The molecule has 1 saturated heterocycles. The quantitative estimate of drug-likeness (QED) is 0.654. The summed E-state index contributed by atoms with van der Waals surface area (Å²) in [5, 5.41) is 0. The van der Waals surface area contributed by atoms with E-state index in [2.05, 4.69) is 30.0 Å². The molecule has 0 aliphatic carbocycles. The first-order chi connectivity index (χ1) is 16.6. The zero-order valence-electron chi connectivity index (χ0n) is 20.8. The number of para-hydroxylation sites is 2.